The zero-order valence-corrected chi connectivity index (χ0v) is 11.4. The number of ether oxygens (including phenoxy) is 1. The number of nitrogens with zero attached hydrogens (tertiary/aromatic N) is 2. The average Bonchev–Trinajstić information content (AvgIpc) is 3.00. The Morgan fingerprint density at radius 1 is 1.35 bits per heavy atom. The molecule has 2 heterocycles. The fraction of sp³-hybridized carbons (Fsp3) is 0.769. The molecule has 20 heavy (non-hydrogen) atoms. The Morgan fingerprint density at radius 3 is 2.90 bits per heavy atom. The molecular weight excluding hydrogens is 260 g/mol. The van der Waals surface area contributed by atoms with Crippen LogP contribution >= 0.6 is 0 Å². The van der Waals surface area contributed by atoms with Gasteiger partial charge >= 0.3 is 6.03 Å². The summed E-state index contributed by atoms with van der Waals surface area (Å²) in [5, 5.41) is 6.57. The molecule has 1 aliphatic heterocycles. The zero-order valence-electron chi connectivity index (χ0n) is 11.4. The van der Waals surface area contributed by atoms with E-state index in [0.29, 0.717) is 24.2 Å². The smallest absolute Gasteiger partial charge is 0.312 e. The fourth-order valence-electron chi connectivity index (χ4n) is 2.69. The number of nitrogens with two attached hydrogens (primary N) is 1. The van der Waals surface area contributed by atoms with E-state index in [1.54, 1.807) is 0 Å². The number of hydrogen-bond donors (Lipinski definition) is 2. The van der Waals surface area contributed by atoms with Crippen LogP contribution in [-0.4, -0.2) is 28.8 Å². The first-order chi connectivity index (χ1) is 9.70. The summed E-state index contributed by atoms with van der Waals surface area (Å²) in [5.41, 5.74) is 5.04. The van der Waals surface area contributed by atoms with Crippen molar-refractivity contribution in [2.24, 2.45) is 11.7 Å². The molecule has 1 saturated carbocycles. The van der Waals surface area contributed by atoms with Crippen LogP contribution in [0.15, 0.2) is 4.52 Å². The lowest BCUT2D eigenvalue weighted by Crippen LogP contribution is -2.35. The highest BCUT2D eigenvalue weighted by molar-refractivity contribution is 5.71. The van der Waals surface area contributed by atoms with Gasteiger partial charge in [-0.1, -0.05) is 11.6 Å². The molecule has 2 aliphatic rings. The Hall–Kier alpha value is -1.63. The summed E-state index contributed by atoms with van der Waals surface area (Å²) in [4.78, 5) is 15.1. The molecule has 7 nitrogen and oxygen atoms in total. The van der Waals surface area contributed by atoms with E-state index in [4.69, 9.17) is 15.0 Å². The quantitative estimate of drug-likeness (QED) is 0.846. The molecule has 0 aromatic carbocycles. The summed E-state index contributed by atoms with van der Waals surface area (Å²) in [6, 6.07) is -0.528. The topological polar surface area (TPSA) is 103 Å². The first kappa shape index (κ1) is 13.4. The molecule has 1 saturated heterocycles. The predicted molar refractivity (Wildman–Crippen MR) is 69.8 cm³/mol. The largest absolute Gasteiger partial charge is 0.365 e. The first-order valence-corrected chi connectivity index (χ1v) is 7.22. The van der Waals surface area contributed by atoms with Gasteiger partial charge in [0.1, 0.15) is 6.10 Å². The number of primary amides is 1. The summed E-state index contributed by atoms with van der Waals surface area (Å²) < 4.78 is 11.1. The molecular formula is C13H20N4O3. The van der Waals surface area contributed by atoms with Gasteiger partial charge in [-0.2, -0.15) is 4.98 Å². The molecule has 7 heteroatoms. The summed E-state index contributed by atoms with van der Waals surface area (Å²) in [6.45, 7) is 0.429. The van der Waals surface area contributed by atoms with Crippen LogP contribution in [-0.2, 0) is 11.2 Å². The molecule has 1 aromatic heterocycles. The highest BCUT2D eigenvalue weighted by Gasteiger charge is 2.30. The lowest BCUT2D eigenvalue weighted by atomic mass is 9.83. The maximum Gasteiger partial charge on any atom is 0.312 e. The van der Waals surface area contributed by atoms with Gasteiger partial charge in [0, 0.05) is 13.0 Å². The summed E-state index contributed by atoms with van der Waals surface area (Å²) in [6.07, 6.45) is 6.26. The Balaban J connectivity index is 1.50. The molecule has 2 atom stereocenters. The third-order valence-electron chi connectivity index (χ3n) is 4.07. The molecule has 2 fully saturated rings. The molecule has 1 aromatic rings. The Labute approximate surface area is 117 Å². The second kappa shape index (κ2) is 5.78. The lowest BCUT2D eigenvalue weighted by Gasteiger charge is -2.23. The molecule has 2 amide bonds. The second-order valence-corrected chi connectivity index (χ2v) is 5.62. The van der Waals surface area contributed by atoms with Crippen LogP contribution in [0.2, 0.25) is 0 Å². The highest BCUT2D eigenvalue weighted by atomic mass is 16.5. The fourth-order valence-corrected chi connectivity index (χ4v) is 2.69. The van der Waals surface area contributed by atoms with E-state index < -0.39 is 6.03 Å². The van der Waals surface area contributed by atoms with Crippen molar-refractivity contribution in [2.45, 2.75) is 50.7 Å². The third kappa shape index (κ3) is 3.09. The van der Waals surface area contributed by atoms with Crippen molar-refractivity contribution < 1.29 is 14.1 Å². The van der Waals surface area contributed by atoms with Gasteiger partial charge in [0.2, 0.25) is 11.7 Å². The van der Waals surface area contributed by atoms with Crippen molar-refractivity contribution in [3.63, 3.8) is 0 Å². The van der Waals surface area contributed by atoms with Crippen LogP contribution in [0.25, 0.3) is 0 Å². The summed E-state index contributed by atoms with van der Waals surface area (Å²) in [5.74, 6) is 2.05. The number of urea groups is 1. The normalized spacial score (nSPS) is 26.4. The van der Waals surface area contributed by atoms with Crippen LogP contribution < -0.4 is 11.1 Å². The van der Waals surface area contributed by atoms with E-state index in [9.17, 15) is 4.79 Å². The van der Waals surface area contributed by atoms with Crippen LogP contribution in [0.4, 0.5) is 4.79 Å². The summed E-state index contributed by atoms with van der Waals surface area (Å²) >= 11 is 0. The number of carbonyl (C=O) groups excluding carboxylic acids is 1. The molecule has 0 radical (unpaired) electrons. The summed E-state index contributed by atoms with van der Waals surface area (Å²) in [7, 11) is 0. The predicted octanol–water partition coefficient (Wildman–Crippen LogP) is 1.30. The Morgan fingerprint density at radius 2 is 2.20 bits per heavy atom. The number of hydrogen-bond acceptors (Lipinski definition) is 5. The van der Waals surface area contributed by atoms with Crippen molar-refractivity contribution in [1.29, 1.82) is 0 Å². The van der Waals surface area contributed by atoms with E-state index in [0.717, 1.165) is 19.3 Å². The molecule has 3 rings (SSSR count). The van der Waals surface area contributed by atoms with Gasteiger partial charge in [0.25, 0.3) is 0 Å². The van der Waals surface area contributed by atoms with Gasteiger partial charge < -0.3 is 20.3 Å². The average molecular weight is 280 g/mol. The van der Waals surface area contributed by atoms with E-state index >= 15 is 0 Å². The van der Waals surface area contributed by atoms with E-state index in [-0.39, 0.29) is 12.2 Å². The lowest BCUT2D eigenvalue weighted by molar-refractivity contribution is 0.0402. The van der Waals surface area contributed by atoms with Gasteiger partial charge in [0.05, 0.1) is 6.10 Å². The van der Waals surface area contributed by atoms with Crippen molar-refractivity contribution in [3.05, 3.63) is 11.7 Å². The molecule has 2 unspecified atom stereocenters. The van der Waals surface area contributed by atoms with E-state index in [1.165, 1.54) is 19.3 Å². The molecule has 1 aliphatic carbocycles. The second-order valence-electron chi connectivity index (χ2n) is 5.62. The SMILES string of the molecule is NC(=O)NCC1CCC(c2noc(CC3CCC3)n2)O1. The standard InChI is InChI=1S/C13H20N4O3/c14-13(18)15-7-9-4-5-10(19-9)12-16-11(20-17-12)6-8-2-1-3-8/h8-10H,1-7H2,(H3,14,15,18). The maximum atomic E-state index is 10.7. The molecule has 3 N–H and O–H groups in total. The van der Waals surface area contributed by atoms with Gasteiger partial charge in [0.15, 0.2) is 0 Å². The van der Waals surface area contributed by atoms with Crippen molar-refractivity contribution in [2.75, 3.05) is 6.54 Å². The Bertz CT molecular complexity index is 472. The van der Waals surface area contributed by atoms with Gasteiger partial charge in [-0.15, -0.1) is 0 Å². The van der Waals surface area contributed by atoms with Gasteiger partial charge in [-0.3, -0.25) is 0 Å². The number of carbonyl (C=O) groups is 1. The number of amides is 2. The maximum absolute atomic E-state index is 10.7. The zero-order chi connectivity index (χ0) is 13.9. The molecule has 0 spiro atoms. The number of rotatable bonds is 5. The van der Waals surface area contributed by atoms with Crippen molar-refractivity contribution in [1.82, 2.24) is 15.5 Å². The van der Waals surface area contributed by atoms with Crippen LogP contribution in [0.3, 0.4) is 0 Å². The monoisotopic (exact) mass is 280 g/mol. The van der Waals surface area contributed by atoms with Crippen LogP contribution in [0, 0.1) is 5.92 Å². The highest BCUT2D eigenvalue weighted by Crippen LogP contribution is 2.32. The third-order valence-corrected chi connectivity index (χ3v) is 4.07. The van der Waals surface area contributed by atoms with Crippen LogP contribution in [0.1, 0.15) is 49.9 Å². The Kier molecular flexibility index (Phi) is 3.86. The van der Waals surface area contributed by atoms with E-state index in [1.807, 2.05) is 0 Å². The molecule has 0 bridgehead atoms. The number of aromatic nitrogens is 2. The van der Waals surface area contributed by atoms with Crippen LogP contribution in [0.5, 0.6) is 0 Å². The number of nitrogens with one attached hydrogen (secondary N) is 1. The van der Waals surface area contributed by atoms with E-state index in [2.05, 4.69) is 15.5 Å². The minimum Gasteiger partial charge on any atom is -0.365 e. The molecule has 110 valence electrons. The minimum atomic E-state index is -0.528. The van der Waals surface area contributed by atoms with Gasteiger partial charge in [-0.25, -0.2) is 4.79 Å². The minimum absolute atomic E-state index is 0.0268. The first-order valence-electron chi connectivity index (χ1n) is 7.22. The van der Waals surface area contributed by atoms with Crippen molar-refractivity contribution >= 4 is 6.03 Å². The van der Waals surface area contributed by atoms with Gasteiger partial charge in [-0.05, 0) is 31.6 Å². The van der Waals surface area contributed by atoms with Crippen molar-refractivity contribution in [3.8, 4) is 0 Å².